The third kappa shape index (κ3) is 2.34. The molecule has 14 heavy (non-hydrogen) atoms. The molecule has 0 aliphatic carbocycles. The summed E-state index contributed by atoms with van der Waals surface area (Å²) >= 11 is 0. The number of benzene rings is 1. The Balaban J connectivity index is 2.95. The fourth-order valence-corrected chi connectivity index (χ4v) is 1.60. The van der Waals surface area contributed by atoms with Gasteiger partial charge in [-0.3, -0.25) is 0 Å². The van der Waals surface area contributed by atoms with Gasteiger partial charge in [0, 0.05) is 7.11 Å². The number of nitrogens with two attached hydrogens (primary N) is 1. The van der Waals surface area contributed by atoms with E-state index in [1.165, 1.54) is 16.7 Å². The van der Waals surface area contributed by atoms with Crippen LogP contribution >= 0.6 is 0 Å². The molecule has 2 atom stereocenters. The summed E-state index contributed by atoms with van der Waals surface area (Å²) in [5, 5.41) is 0. The van der Waals surface area contributed by atoms with Gasteiger partial charge in [0.25, 0.3) is 0 Å². The zero-order valence-electron chi connectivity index (χ0n) is 9.37. The number of rotatable bonds is 3. The Morgan fingerprint density at radius 3 is 2.43 bits per heavy atom. The minimum atomic E-state index is -0.0411. The smallest absolute Gasteiger partial charge is 0.0735 e. The van der Waals surface area contributed by atoms with Gasteiger partial charge in [-0.1, -0.05) is 23.8 Å². The lowest BCUT2D eigenvalue weighted by molar-refractivity contribution is 0.0955. The summed E-state index contributed by atoms with van der Waals surface area (Å²) in [4.78, 5) is 0. The zero-order valence-corrected chi connectivity index (χ0v) is 9.37. The van der Waals surface area contributed by atoms with Crippen LogP contribution in [0, 0.1) is 13.8 Å². The van der Waals surface area contributed by atoms with Gasteiger partial charge in [0.2, 0.25) is 0 Å². The second-order valence-corrected chi connectivity index (χ2v) is 3.83. The van der Waals surface area contributed by atoms with E-state index in [0.29, 0.717) is 0 Å². The van der Waals surface area contributed by atoms with E-state index < -0.39 is 0 Å². The van der Waals surface area contributed by atoms with Gasteiger partial charge in [0.05, 0.1) is 12.1 Å². The number of hydrogen-bond donors (Lipinski definition) is 1. The van der Waals surface area contributed by atoms with E-state index in [1.807, 2.05) is 6.92 Å². The van der Waals surface area contributed by atoms with Crippen molar-refractivity contribution in [1.82, 2.24) is 0 Å². The molecule has 2 N–H and O–H groups in total. The summed E-state index contributed by atoms with van der Waals surface area (Å²) in [7, 11) is 1.69. The molecule has 78 valence electrons. The maximum Gasteiger partial charge on any atom is 0.0735 e. The summed E-state index contributed by atoms with van der Waals surface area (Å²) in [5.41, 5.74) is 9.75. The van der Waals surface area contributed by atoms with Gasteiger partial charge in [-0.15, -0.1) is 0 Å². The first-order valence-electron chi connectivity index (χ1n) is 4.91. The molecule has 0 aliphatic rings. The Bertz CT molecular complexity index is 309. The van der Waals surface area contributed by atoms with Crippen LogP contribution in [0.4, 0.5) is 0 Å². The third-order valence-corrected chi connectivity index (χ3v) is 2.66. The second-order valence-electron chi connectivity index (χ2n) is 3.83. The standard InChI is InChI=1S/C12H19NO/c1-8-5-6-11(9(2)7-8)12(13)10(3)14-4/h5-7,10,12H,13H2,1-4H3. The number of methoxy groups -OCH3 is 1. The molecular weight excluding hydrogens is 174 g/mol. The quantitative estimate of drug-likeness (QED) is 0.799. The van der Waals surface area contributed by atoms with Crippen LogP contribution in [-0.4, -0.2) is 13.2 Å². The molecule has 0 spiro atoms. The van der Waals surface area contributed by atoms with Crippen LogP contribution in [-0.2, 0) is 4.74 Å². The molecule has 1 aromatic carbocycles. The predicted octanol–water partition coefficient (Wildman–Crippen LogP) is 2.34. The molecule has 0 bridgehead atoms. The minimum absolute atomic E-state index is 0.0411. The molecule has 2 heteroatoms. The molecule has 0 fully saturated rings. The Morgan fingerprint density at radius 1 is 1.29 bits per heavy atom. The van der Waals surface area contributed by atoms with E-state index in [0.717, 1.165) is 0 Å². The van der Waals surface area contributed by atoms with Crippen molar-refractivity contribution in [3.63, 3.8) is 0 Å². The van der Waals surface area contributed by atoms with Gasteiger partial charge in [-0.05, 0) is 31.9 Å². The van der Waals surface area contributed by atoms with Crippen molar-refractivity contribution >= 4 is 0 Å². The highest BCUT2D eigenvalue weighted by Gasteiger charge is 2.15. The van der Waals surface area contributed by atoms with Gasteiger partial charge in [-0.2, -0.15) is 0 Å². The predicted molar refractivity (Wildman–Crippen MR) is 59.3 cm³/mol. The van der Waals surface area contributed by atoms with Gasteiger partial charge in [0.1, 0.15) is 0 Å². The molecule has 0 radical (unpaired) electrons. The normalized spacial score (nSPS) is 15.2. The second kappa shape index (κ2) is 4.58. The van der Waals surface area contributed by atoms with Gasteiger partial charge in [0.15, 0.2) is 0 Å². The molecule has 0 aliphatic heterocycles. The summed E-state index contributed by atoms with van der Waals surface area (Å²) < 4.78 is 5.23. The highest BCUT2D eigenvalue weighted by Crippen LogP contribution is 2.20. The van der Waals surface area contributed by atoms with Crippen LogP contribution in [0.2, 0.25) is 0 Å². The van der Waals surface area contributed by atoms with Crippen LogP contribution in [0.25, 0.3) is 0 Å². The Morgan fingerprint density at radius 2 is 1.93 bits per heavy atom. The van der Waals surface area contributed by atoms with Crippen molar-refractivity contribution in [1.29, 1.82) is 0 Å². The molecule has 0 heterocycles. The highest BCUT2D eigenvalue weighted by molar-refractivity contribution is 5.33. The largest absolute Gasteiger partial charge is 0.380 e. The van der Waals surface area contributed by atoms with Crippen LogP contribution in [0.15, 0.2) is 18.2 Å². The first-order chi connectivity index (χ1) is 6.56. The van der Waals surface area contributed by atoms with E-state index in [9.17, 15) is 0 Å². The topological polar surface area (TPSA) is 35.2 Å². The van der Waals surface area contributed by atoms with E-state index in [1.54, 1.807) is 7.11 Å². The maximum atomic E-state index is 6.07. The average molecular weight is 193 g/mol. The number of aryl methyl sites for hydroxylation is 2. The minimum Gasteiger partial charge on any atom is -0.380 e. The Kier molecular flexibility index (Phi) is 3.67. The molecule has 0 saturated carbocycles. The monoisotopic (exact) mass is 193 g/mol. The van der Waals surface area contributed by atoms with Crippen molar-refractivity contribution in [2.24, 2.45) is 5.73 Å². The first kappa shape index (κ1) is 11.2. The maximum absolute atomic E-state index is 6.07. The lowest BCUT2D eigenvalue weighted by Crippen LogP contribution is -2.25. The third-order valence-electron chi connectivity index (χ3n) is 2.66. The molecular formula is C12H19NO. The lowest BCUT2D eigenvalue weighted by Gasteiger charge is -2.20. The van der Waals surface area contributed by atoms with Gasteiger partial charge < -0.3 is 10.5 Å². The molecule has 0 amide bonds. The van der Waals surface area contributed by atoms with E-state index in [4.69, 9.17) is 10.5 Å². The molecule has 0 saturated heterocycles. The van der Waals surface area contributed by atoms with Crippen LogP contribution in [0.3, 0.4) is 0 Å². The van der Waals surface area contributed by atoms with Crippen molar-refractivity contribution in [2.75, 3.05) is 7.11 Å². The SMILES string of the molecule is COC(C)C(N)c1ccc(C)cc1C. The summed E-state index contributed by atoms with van der Waals surface area (Å²) in [6.45, 7) is 6.16. The fourth-order valence-electron chi connectivity index (χ4n) is 1.60. The summed E-state index contributed by atoms with van der Waals surface area (Å²) in [6, 6.07) is 6.29. The summed E-state index contributed by atoms with van der Waals surface area (Å²) in [5.74, 6) is 0. The average Bonchev–Trinajstić information content (AvgIpc) is 2.15. The molecule has 1 aromatic rings. The van der Waals surface area contributed by atoms with Crippen molar-refractivity contribution in [3.8, 4) is 0 Å². The Labute approximate surface area is 86.1 Å². The Hall–Kier alpha value is -0.860. The van der Waals surface area contributed by atoms with Crippen LogP contribution < -0.4 is 5.73 Å². The number of ether oxygens (including phenoxy) is 1. The molecule has 1 rings (SSSR count). The lowest BCUT2D eigenvalue weighted by atomic mass is 9.97. The zero-order chi connectivity index (χ0) is 10.7. The fraction of sp³-hybridized carbons (Fsp3) is 0.500. The summed E-state index contributed by atoms with van der Waals surface area (Å²) in [6.07, 6.45) is 0.0522. The van der Waals surface area contributed by atoms with Crippen LogP contribution in [0.1, 0.15) is 29.7 Å². The van der Waals surface area contributed by atoms with Crippen molar-refractivity contribution in [3.05, 3.63) is 34.9 Å². The highest BCUT2D eigenvalue weighted by atomic mass is 16.5. The number of hydrogen-bond acceptors (Lipinski definition) is 2. The van der Waals surface area contributed by atoms with Crippen LogP contribution in [0.5, 0.6) is 0 Å². The van der Waals surface area contributed by atoms with E-state index >= 15 is 0 Å². The van der Waals surface area contributed by atoms with Crippen molar-refractivity contribution in [2.45, 2.75) is 32.9 Å². The van der Waals surface area contributed by atoms with Gasteiger partial charge in [-0.25, -0.2) is 0 Å². The van der Waals surface area contributed by atoms with Crippen molar-refractivity contribution < 1.29 is 4.74 Å². The van der Waals surface area contributed by atoms with E-state index in [2.05, 4.69) is 32.0 Å². The van der Waals surface area contributed by atoms with E-state index in [-0.39, 0.29) is 12.1 Å². The molecule has 2 unspecified atom stereocenters. The molecule has 2 nitrogen and oxygen atoms in total. The molecule has 0 aromatic heterocycles. The first-order valence-corrected chi connectivity index (χ1v) is 4.91. The van der Waals surface area contributed by atoms with Gasteiger partial charge >= 0.3 is 0 Å².